The molecule has 3 N–H and O–H groups in total. The lowest BCUT2D eigenvalue weighted by Crippen LogP contribution is -2.61. The summed E-state index contributed by atoms with van der Waals surface area (Å²) in [7, 11) is -2.44. The molecule has 17 heteroatoms. The molecule has 4 heterocycles. The van der Waals surface area contributed by atoms with Gasteiger partial charge in [0, 0.05) is 29.4 Å². The second-order valence-electron chi connectivity index (χ2n) is 15.9. The molecule has 5 atom stereocenters. The number of rotatable bonds is 9. The van der Waals surface area contributed by atoms with E-state index in [1.807, 2.05) is 32.1 Å². The van der Waals surface area contributed by atoms with E-state index in [2.05, 4.69) is 20.3 Å². The average molecular weight is 799 g/mol. The van der Waals surface area contributed by atoms with Gasteiger partial charge in [0.05, 0.1) is 43.6 Å². The normalized spacial score (nSPS) is 28.4. The number of sulfonamides is 1. The molecule has 1 unspecified atom stereocenters. The van der Waals surface area contributed by atoms with Crippen molar-refractivity contribution in [1.82, 2.24) is 30.1 Å². The molecule has 0 spiro atoms. The van der Waals surface area contributed by atoms with E-state index in [1.54, 1.807) is 26.2 Å². The van der Waals surface area contributed by atoms with Crippen LogP contribution in [0.4, 0.5) is 9.18 Å². The molecule has 1 aromatic heterocycles. The lowest BCUT2D eigenvalue weighted by Gasteiger charge is -2.36. The standard InChI is InChI=1S/C39H51FN6O9S/c1-5-54-32-18-31(27-13-14-30(53-4)23(2)33(27)42-32)55-26-17-29-34(47)43-39(36(49)44-56(51,52)38(3)15-16-38)19-24(39)11-9-7-6-8-10-12-28(35(48)46(29)22-26)41-37(50)45-20-25(40)21-45/h9,11,13-14,18,24-26,28-29H,5-8,10,12,15-17,19-22H2,1-4H3,(H,41,50)(H,43,47)(H,44,49)/b11-9-/t24?,26-,28+,29+,39-/m1/s1. The zero-order valence-electron chi connectivity index (χ0n) is 32.3. The number of nitrogens with zero attached hydrogens (tertiary/aromatic N) is 3. The van der Waals surface area contributed by atoms with Crippen LogP contribution in [0, 0.1) is 12.8 Å². The van der Waals surface area contributed by atoms with E-state index < -0.39 is 74.3 Å². The number of amides is 5. The van der Waals surface area contributed by atoms with Crippen molar-refractivity contribution in [3.63, 3.8) is 0 Å². The molecule has 1 aromatic carbocycles. The fourth-order valence-electron chi connectivity index (χ4n) is 7.85. The fourth-order valence-corrected chi connectivity index (χ4v) is 9.17. The maximum absolute atomic E-state index is 14.6. The molecular weight excluding hydrogens is 748 g/mol. The van der Waals surface area contributed by atoms with Gasteiger partial charge in [0.1, 0.15) is 41.4 Å². The number of halogens is 1. The number of pyridine rings is 1. The minimum Gasteiger partial charge on any atom is -0.496 e. The molecular formula is C39H51FN6O9S. The summed E-state index contributed by atoms with van der Waals surface area (Å²) in [6.07, 6.45) is 6.04. The van der Waals surface area contributed by atoms with Crippen molar-refractivity contribution in [1.29, 1.82) is 0 Å². The first-order valence-electron chi connectivity index (χ1n) is 19.5. The van der Waals surface area contributed by atoms with Crippen molar-refractivity contribution in [3.05, 3.63) is 35.9 Å². The molecule has 4 fully saturated rings. The van der Waals surface area contributed by atoms with Gasteiger partial charge in [0.15, 0.2) is 0 Å². The van der Waals surface area contributed by atoms with Crippen molar-refractivity contribution in [3.8, 4) is 17.4 Å². The first-order chi connectivity index (χ1) is 26.7. The van der Waals surface area contributed by atoms with Gasteiger partial charge in [0.2, 0.25) is 27.7 Å². The third-order valence-electron chi connectivity index (χ3n) is 11.8. The minimum absolute atomic E-state index is 0.0192. The van der Waals surface area contributed by atoms with E-state index in [-0.39, 0.29) is 38.9 Å². The number of aryl methyl sites for hydroxylation is 1. The second kappa shape index (κ2) is 15.3. The number of fused-ring (bicyclic) bond motifs is 3. The summed E-state index contributed by atoms with van der Waals surface area (Å²) < 4.78 is 59.2. The maximum atomic E-state index is 14.6. The topological polar surface area (TPSA) is 186 Å². The van der Waals surface area contributed by atoms with E-state index in [1.165, 1.54) is 9.80 Å². The number of alkyl halides is 1. The SMILES string of the molecule is CCOc1cc(O[C@@H]2C[C@H]3C(=O)N[C@]4(C(=O)NS(=O)(=O)C5(C)CC5)CC4/C=C\CCCCC[C@H](NC(=O)N4CC(F)C4)C(=O)N3C2)c2ccc(OC)c(C)c2n1. The Morgan fingerprint density at radius 3 is 2.57 bits per heavy atom. The number of aromatic nitrogens is 1. The second-order valence-corrected chi connectivity index (χ2v) is 18.1. The molecule has 7 rings (SSSR count). The minimum atomic E-state index is -4.01. The maximum Gasteiger partial charge on any atom is 0.318 e. The monoisotopic (exact) mass is 798 g/mol. The predicted molar refractivity (Wildman–Crippen MR) is 203 cm³/mol. The Balaban J connectivity index is 1.21. The van der Waals surface area contributed by atoms with Gasteiger partial charge >= 0.3 is 6.03 Å². The number of methoxy groups -OCH3 is 1. The van der Waals surface area contributed by atoms with Gasteiger partial charge in [0.25, 0.3) is 5.91 Å². The summed E-state index contributed by atoms with van der Waals surface area (Å²) >= 11 is 0. The van der Waals surface area contributed by atoms with Crippen molar-refractivity contribution < 1.29 is 46.2 Å². The third-order valence-corrected chi connectivity index (χ3v) is 14.0. The number of likely N-dealkylation sites (tertiary alicyclic amines) is 1. The van der Waals surface area contributed by atoms with Gasteiger partial charge in [-0.2, -0.15) is 0 Å². The highest BCUT2D eigenvalue weighted by Crippen LogP contribution is 2.47. The van der Waals surface area contributed by atoms with Crippen LogP contribution in [0.3, 0.4) is 0 Å². The molecule has 2 saturated carbocycles. The quantitative estimate of drug-likeness (QED) is 0.318. The zero-order chi connectivity index (χ0) is 40.0. The van der Waals surface area contributed by atoms with Crippen LogP contribution in [-0.4, -0.2) is 115 Å². The Morgan fingerprint density at radius 1 is 1.11 bits per heavy atom. The number of hydrogen-bond donors (Lipinski definition) is 3. The highest BCUT2D eigenvalue weighted by molar-refractivity contribution is 7.91. The number of benzene rings is 1. The molecule has 3 aliphatic heterocycles. The van der Waals surface area contributed by atoms with Crippen LogP contribution in [0.1, 0.15) is 77.2 Å². The molecule has 2 saturated heterocycles. The molecule has 2 aromatic rings. The lowest BCUT2D eigenvalue weighted by molar-refractivity contribution is -0.141. The van der Waals surface area contributed by atoms with Crippen LogP contribution in [0.5, 0.6) is 17.4 Å². The van der Waals surface area contributed by atoms with Gasteiger partial charge < -0.3 is 34.6 Å². The Hall–Kier alpha value is -4.67. The molecule has 0 bridgehead atoms. The van der Waals surface area contributed by atoms with Crippen LogP contribution in [0.2, 0.25) is 0 Å². The summed E-state index contributed by atoms with van der Waals surface area (Å²) in [5.74, 6) is -1.09. The molecule has 5 amide bonds. The summed E-state index contributed by atoms with van der Waals surface area (Å²) in [6, 6.07) is 2.54. The Bertz CT molecular complexity index is 2040. The summed E-state index contributed by atoms with van der Waals surface area (Å²) in [5, 5.41) is 6.34. The fraction of sp³-hybridized carbons (Fsp3) is 0.615. The number of urea groups is 1. The summed E-state index contributed by atoms with van der Waals surface area (Å²) in [6.45, 7) is 5.44. The number of carbonyl (C=O) groups is 4. The van der Waals surface area contributed by atoms with Crippen LogP contribution in [-0.2, 0) is 24.4 Å². The van der Waals surface area contributed by atoms with Crippen molar-refractivity contribution >= 4 is 44.7 Å². The van der Waals surface area contributed by atoms with Gasteiger partial charge in [-0.15, -0.1) is 0 Å². The smallest absolute Gasteiger partial charge is 0.318 e. The number of hydrogen-bond acceptors (Lipinski definition) is 10. The van der Waals surface area contributed by atoms with Gasteiger partial charge in [-0.3, -0.25) is 19.1 Å². The molecule has 15 nitrogen and oxygen atoms in total. The van der Waals surface area contributed by atoms with E-state index in [0.717, 1.165) is 18.4 Å². The number of nitrogens with one attached hydrogen (secondary N) is 3. The number of carbonyl (C=O) groups excluding carboxylic acids is 4. The van der Waals surface area contributed by atoms with Gasteiger partial charge in [-0.1, -0.05) is 25.0 Å². The highest BCUT2D eigenvalue weighted by atomic mass is 32.2. The molecule has 56 heavy (non-hydrogen) atoms. The lowest BCUT2D eigenvalue weighted by atomic mass is 10.0. The van der Waals surface area contributed by atoms with E-state index in [0.29, 0.717) is 60.6 Å². The van der Waals surface area contributed by atoms with Crippen LogP contribution < -0.4 is 29.6 Å². The molecule has 2 aliphatic carbocycles. The van der Waals surface area contributed by atoms with Crippen LogP contribution in [0.15, 0.2) is 30.4 Å². The Morgan fingerprint density at radius 2 is 1.88 bits per heavy atom. The number of ether oxygens (including phenoxy) is 3. The summed E-state index contributed by atoms with van der Waals surface area (Å²) in [4.78, 5) is 63.5. The summed E-state index contributed by atoms with van der Waals surface area (Å²) in [5.41, 5.74) is -0.191. The average Bonchev–Trinajstić information content (AvgIpc) is 4.02. The van der Waals surface area contributed by atoms with E-state index in [4.69, 9.17) is 14.2 Å². The van der Waals surface area contributed by atoms with Crippen molar-refractivity contribution in [2.24, 2.45) is 5.92 Å². The highest BCUT2D eigenvalue weighted by Gasteiger charge is 2.63. The van der Waals surface area contributed by atoms with Crippen molar-refractivity contribution in [2.75, 3.05) is 33.4 Å². The van der Waals surface area contributed by atoms with Crippen LogP contribution >= 0.6 is 0 Å². The Labute approximate surface area is 326 Å². The molecule has 0 radical (unpaired) electrons. The Kier molecular flexibility index (Phi) is 10.8. The molecule has 304 valence electrons. The largest absolute Gasteiger partial charge is 0.496 e. The first kappa shape index (κ1) is 39.6. The zero-order valence-corrected chi connectivity index (χ0v) is 33.1. The van der Waals surface area contributed by atoms with E-state index >= 15 is 0 Å². The first-order valence-corrected chi connectivity index (χ1v) is 21.0. The van der Waals surface area contributed by atoms with Gasteiger partial charge in [-0.05, 0) is 71.4 Å². The van der Waals surface area contributed by atoms with Crippen LogP contribution in [0.25, 0.3) is 10.9 Å². The third kappa shape index (κ3) is 7.70. The van der Waals surface area contributed by atoms with Gasteiger partial charge in [-0.25, -0.2) is 22.6 Å². The van der Waals surface area contributed by atoms with Crippen molar-refractivity contribution in [2.45, 2.75) is 113 Å². The molecule has 5 aliphatic rings. The predicted octanol–water partition coefficient (Wildman–Crippen LogP) is 3.42. The van der Waals surface area contributed by atoms with E-state index in [9.17, 15) is 32.0 Å². The number of allylic oxidation sites excluding steroid dienone is 1.